The molecule has 0 radical (unpaired) electrons. The van der Waals surface area contributed by atoms with E-state index in [1.165, 1.54) is 12.1 Å². The molecule has 17 heavy (non-hydrogen) atoms. The molecule has 0 bridgehead atoms. The lowest BCUT2D eigenvalue weighted by atomic mass is 10.2. The van der Waals surface area contributed by atoms with E-state index in [0.29, 0.717) is 12.1 Å². The number of halogens is 2. The minimum absolute atomic E-state index is 0.176. The molecule has 4 nitrogen and oxygen atoms in total. The number of hydrogen-bond donors (Lipinski definition) is 2. The zero-order chi connectivity index (χ0) is 13.0. The molecule has 0 saturated heterocycles. The molecule has 0 saturated carbocycles. The summed E-state index contributed by atoms with van der Waals surface area (Å²) in [7, 11) is 0. The number of rotatable bonds is 4. The molecule has 1 aromatic rings. The maximum Gasteiger partial charge on any atom is 0.250 e. The van der Waals surface area contributed by atoms with E-state index in [2.05, 4.69) is 21.2 Å². The number of alkyl halides is 1. The topological polar surface area (TPSA) is 72.2 Å². The first-order valence-corrected chi connectivity index (χ1v) is 6.29. The smallest absolute Gasteiger partial charge is 0.250 e. The largest absolute Gasteiger partial charge is 0.366 e. The van der Waals surface area contributed by atoms with Crippen molar-refractivity contribution >= 4 is 45.0 Å². The van der Waals surface area contributed by atoms with Crippen LogP contribution in [0.3, 0.4) is 0 Å². The molecule has 1 rings (SSSR count). The molecule has 0 aliphatic rings. The number of anilines is 1. The van der Waals surface area contributed by atoms with Gasteiger partial charge in [-0.05, 0) is 24.6 Å². The summed E-state index contributed by atoms with van der Waals surface area (Å²) in [5, 5.41) is 2.93. The van der Waals surface area contributed by atoms with Gasteiger partial charge in [0.25, 0.3) is 0 Å². The van der Waals surface area contributed by atoms with Crippen LogP contribution in [0.5, 0.6) is 0 Å². The molecule has 6 heteroatoms. The van der Waals surface area contributed by atoms with Crippen LogP contribution in [0, 0.1) is 0 Å². The fourth-order valence-corrected chi connectivity index (χ4v) is 1.52. The summed E-state index contributed by atoms with van der Waals surface area (Å²) in [6, 6.07) is 4.59. The van der Waals surface area contributed by atoms with Crippen molar-refractivity contribution in [1.82, 2.24) is 0 Å². The number of nitrogens with one attached hydrogen (secondary N) is 1. The molecule has 0 aliphatic heterocycles. The summed E-state index contributed by atoms with van der Waals surface area (Å²) in [5.41, 5.74) is 5.83. The quantitative estimate of drug-likeness (QED) is 0.837. The molecule has 0 heterocycles. The second-order valence-electron chi connectivity index (χ2n) is 3.42. The Morgan fingerprint density at radius 2 is 2.18 bits per heavy atom. The number of benzene rings is 1. The zero-order valence-corrected chi connectivity index (χ0v) is 11.5. The van der Waals surface area contributed by atoms with Gasteiger partial charge in [-0.25, -0.2) is 0 Å². The van der Waals surface area contributed by atoms with E-state index < -0.39 is 5.91 Å². The third-order valence-electron chi connectivity index (χ3n) is 2.14. The van der Waals surface area contributed by atoms with Gasteiger partial charge in [-0.2, -0.15) is 0 Å². The van der Waals surface area contributed by atoms with E-state index in [0.717, 1.165) is 0 Å². The minimum Gasteiger partial charge on any atom is -0.366 e. The van der Waals surface area contributed by atoms with Crippen LogP contribution in [0.2, 0.25) is 5.02 Å². The monoisotopic (exact) mass is 318 g/mol. The van der Waals surface area contributed by atoms with Gasteiger partial charge in [-0.1, -0.05) is 34.5 Å². The summed E-state index contributed by atoms with van der Waals surface area (Å²) < 4.78 is 0. The van der Waals surface area contributed by atoms with Crippen molar-refractivity contribution in [2.24, 2.45) is 5.73 Å². The van der Waals surface area contributed by atoms with E-state index in [9.17, 15) is 9.59 Å². The van der Waals surface area contributed by atoms with Gasteiger partial charge in [0.05, 0.1) is 15.4 Å². The van der Waals surface area contributed by atoms with Crippen molar-refractivity contribution in [2.75, 3.05) is 5.32 Å². The van der Waals surface area contributed by atoms with E-state index >= 15 is 0 Å². The van der Waals surface area contributed by atoms with Crippen LogP contribution in [0.1, 0.15) is 23.7 Å². The van der Waals surface area contributed by atoms with Gasteiger partial charge in [0, 0.05) is 5.69 Å². The van der Waals surface area contributed by atoms with Crippen LogP contribution in [-0.4, -0.2) is 16.6 Å². The van der Waals surface area contributed by atoms with Gasteiger partial charge < -0.3 is 11.1 Å². The van der Waals surface area contributed by atoms with E-state index in [-0.39, 0.29) is 21.3 Å². The van der Waals surface area contributed by atoms with Gasteiger partial charge in [-0.3, -0.25) is 9.59 Å². The number of carbonyl (C=O) groups excluding carboxylic acids is 2. The summed E-state index contributed by atoms with van der Waals surface area (Å²) in [5.74, 6) is -0.803. The maximum absolute atomic E-state index is 11.6. The van der Waals surface area contributed by atoms with Crippen molar-refractivity contribution in [1.29, 1.82) is 0 Å². The highest BCUT2D eigenvalue weighted by Gasteiger charge is 2.14. The highest BCUT2D eigenvalue weighted by Crippen LogP contribution is 2.20. The predicted molar refractivity (Wildman–Crippen MR) is 71.6 cm³/mol. The fourth-order valence-electron chi connectivity index (χ4n) is 1.20. The van der Waals surface area contributed by atoms with E-state index in [1.54, 1.807) is 6.07 Å². The van der Waals surface area contributed by atoms with Crippen LogP contribution >= 0.6 is 27.5 Å². The molecule has 2 amide bonds. The molecule has 3 N–H and O–H groups in total. The Morgan fingerprint density at radius 3 is 2.71 bits per heavy atom. The highest BCUT2D eigenvalue weighted by molar-refractivity contribution is 9.10. The van der Waals surface area contributed by atoms with Gasteiger partial charge >= 0.3 is 0 Å². The third kappa shape index (κ3) is 3.71. The van der Waals surface area contributed by atoms with Crippen LogP contribution in [0.15, 0.2) is 18.2 Å². The Hall–Kier alpha value is -1.07. The number of primary amides is 1. The van der Waals surface area contributed by atoms with Crippen LogP contribution in [0.25, 0.3) is 0 Å². The lowest BCUT2D eigenvalue weighted by Gasteiger charge is -2.10. The predicted octanol–water partition coefficient (Wildman–Crippen LogP) is 2.55. The average Bonchev–Trinajstić information content (AvgIpc) is 2.30. The van der Waals surface area contributed by atoms with Crippen molar-refractivity contribution in [2.45, 2.75) is 18.2 Å². The van der Waals surface area contributed by atoms with Gasteiger partial charge in [0.1, 0.15) is 0 Å². The molecule has 0 aliphatic carbocycles. The molecule has 1 aromatic carbocycles. The second kappa shape index (κ2) is 6.02. The van der Waals surface area contributed by atoms with Gasteiger partial charge in [0.2, 0.25) is 11.8 Å². The summed E-state index contributed by atoms with van der Waals surface area (Å²) in [6.07, 6.45) is 0.669. The Kier molecular flexibility index (Phi) is 4.96. The van der Waals surface area contributed by atoms with Crippen molar-refractivity contribution in [3.05, 3.63) is 28.8 Å². The standard InChI is InChI=1S/C11H12BrClN2O2/c1-2-8(12)11(17)15-6-3-4-9(13)7(5-6)10(14)16/h3-5,8H,2H2,1H3,(H2,14,16)(H,15,17). The number of carbonyl (C=O) groups is 2. The lowest BCUT2D eigenvalue weighted by Crippen LogP contribution is -2.22. The van der Waals surface area contributed by atoms with Crippen LogP contribution in [0.4, 0.5) is 5.69 Å². The Balaban J connectivity index is 2.90. The molecule has 1 unspecified atom stereocenters. The zero-order valence-electron chi connectivity index (χ0n) is 9.17. The van der Waals surface area contributed by atoms with Crippen LogP contribution in [-0.2, 0) is 4.79 Å². The number of hydrogen-bond acceptors (Lipinski definition) is 2. The average molecular weight is 320 g/mol. The Labute approximate surface area is 113 Å². The SMILES string of the molecule is CCC(Br)C(=O)Nc1ccc(Cl)c(C(N)=O)c1. The number of amides is 2. The molecule has 1 atom stereocenters. The van der Waals surface area contributed by atoms with Gasteiger partial charge in [-0.15, -0.1) is 0 Å². The molecular weight excluding hydrogens is 307 g/mol. The van der Waals surface area contributed by atoms with Crippen molar-refractivity contribution in [3.8, 4) is 0 Å². The first-order valence-electron chi connectivity index (χ1n) is 5.00. The Bertz CT molecular complexity index is 451. The first-order chi connectivity index (χ1) is 7.95. The molecule has 0 fully saturated rings. The summed E-state index contributed by atoms with van der Waals surface area (Å²) >= 11 is 9.03. The van der Waals surface area contributed by atoms with Crippen molar-refractivity contribution < 1.29 is 9.59 Å². The summed E-state index contributed by atoms with van der Waals surface area (Å²) in [4.78, 5) is 22.4. The second-order valence-corrected chi connectivity index (χ2v) is 4.94. The van der Waals surface area contributed by atoms with E-state index in [4.69, 9.17) is 17.3 Å². The normalized spacial score (nSPS) is 11.9. The molecular formula is C11H12BrClN2O2. The lowest BCUT2D eigenvalue weighted by molar-refractivity contribution is -0.115. The summed E-state index contributed by atoms with van der Waals surface area (Å²) in [6.45, 7) is 1.88. The van der Waals surface area contributed by atoms with Crippen molar-refractivity contribution in [3.63, 3.8) is 0 Å². The molecule has 0 spiro atoms. The fraction of sp³-hybridized carbons (Fsp3) is 0.273. The highest BCUT2D eigenvalue weighted by atomic mass is 79.9. The van der Waals surface area contributed by atoms with Crippen LogP contribution < -0.4 is 11.1 Å². The minimum atomic E-state index is -0.628. The first kappa shape index (κ1) is 14.0. The maximum atomic E-state index is 11.6. The van der Waals surface area contributed by atoms with E-state index in [1.807, 2.05) is 6.92 Å². The Morgan fingerprint density at radius 1 is 1.53 bits per heavy atom. The van der Waals surface area contributed by atoms with Gasteiger partial charge in [0.15, 0.2) is 0 Å². The molecule has 92 valence electrons. The number of nitrogens with two attached hydrogens (primary N) is 1. The third-order valence-corrected chi connectivity index (χ3v) is 3.54. The molecule has 0 aromatic heterocycles.